The van der Waals surface area contributed by atoms with Crippen LogP contribution in [-0.4, -0.2) is 75.9 Å². The van der Waals surface area contributed by atoms with Gasteiger partial charge in [-0.2, -0.15) is 9.67 Å². The molecule has 0 bridgehead atoms. The van der Waals surface area contributed by atoms with Crippen LogP contribution < -0.4 is 16.4 Å². The van der Waals surface area contributed by atoms with Gasteiger partial charge in [0.2, 0.25) is 11.9 Å². The second-order valence-electron chi connectivity index (χ2n) is 8.26. The van der Waals surface area contributed by atoms with Crippen molar-refractivity contribution in [2.75, 3.05) is 55.6 Å². The molecule has 0 unspecified atom stereocenters. The molecule has 0 amide bonds. The minimum absolute atomic E-state index is 0.0725. The number of benzene rings is 1. The van der Waals surface area contributed by atoms with Gasteiger partial charge in [-0.1, -0.05) is 0 Å². The van der Waals surface area contributed by atoms with E-state index in [1.165, 1.54) is 10.7 Å². The number of nitrogens with zero attached hydrogens (tertiary/aromatic N) is 6. The molecule has 1 aromatic heterocycles. The minimum atomic E-state index is -0.278. The van der Waals surface area contributed by atoms with Crippen molar-refractivity contribution in [3.05, 3.63) is 24.0 Å². The van der Waals surface area contributed by atoms with Gasteiger partial charge in [0.15, 0.2) is 0 Å². The summed E-state index contributed by atoms with van der Waals surface area (Å²) in [7, 11) is 0. The number of nitrogen functional groups attached to an aromatic ring is 2. The number of aromatic nitrogens is 3. The van der Waals surface area contributed by atoms with Gasteiger partial charge in [0, 0.05) is 57.4 Å². The van der Waals surface area contributed by atoms with Gasteiger partial charge in [-0.05, 0) is 38.8 Å². The smallest absolute Gasteiger partial charge is 0.241 e. The third-order valence-electron chi connectivity index (χ3n) is 6.23. The molecule has 0 spiro atoms. The lowest BCUT2D eigenvalue weighted by atomic mass is 10.0. The number of piperazine rings is 1. The van der Waals surface area contributed by atoms with Crippen molar-refractivity contribution in [3.63, 3.8) is 0 Å². The summed E-state index contributed by atoms with van der Waals surface area (Å²) < 4.78 is 16.2. The highest BCUT2D eigenvalue weighted by Crippen LogP contribution is 2.28. The number of rotatable bonds is 4. The first-order valence-corrected chi connectivity index (χ1v) is 10.4. The van der Waals surface area contributed by atoms with E-state index in [2.05, 4.69) is 38.6 Å². The third-order valence-corrected chi connectivity index (χ3v) is 6.23. The van der Waals surface area contributed by atoms with Crippen molar-refractivity contribution in [1.29, 1.82) is 0 Å². The van der Waals surface area contributed by atoms with Gasteiger partial charge in [0.1, 0.15) is 5.82 Å². The maximum atomic E-state index is 14.8. The summed E-state index contributed by atoms with van der Waals surface area (Å²) in [4.78, 5) is 11.2. The third kappa shape index (κ3) is 4.16. The Hall–Kier alpha value is -2.39. The topological polar surface area (TPSA) is 92.5 Å². The van der Waals surface area contributed by atoms with E-state index in [9.17, 15) is 4.39 Å². The van der Waals surface area contributed by atoms with Crippen LogP contribution >= 0.6 is 0 Å². The summed E-state index contributed by atoms with van der Waals surface area (Å²) in [5, 5.41) is 4.01. The van der Waals surface area contributed by atoms with E-state index < -0.39 is 0 Å². The molecule has 2 saturated heterocycles. The second-order valence-corrected chi connectivity index (χ2v) is 8.26. The molecule has 4 N–H and O–H groups in total. The van der Waals surface area contributed by atoms with Crippen molar-refractivity contribution < 1.29 is 4.39 Å². The molecule has 8 nitrogen and oxygen atoms in total. The molecule has 3 heterocycles. The van der Waals surface area contributed by atoms with E-state index >= 15 is 0 Å². The zero-order valence-electron chi connectivity index (χ0n) is 17.3. The Balaban J connectivity index is 1.37. The van der Waals surface area contributed by atoms with E-state index in [1.807, 2.05) is 0 Å². The molecular weight excluding hydrogens is 371 g/mol. The highest BCUT2D eigenvalue weighted by atomic mass is 19.1. The molecular formula is C20H31FN8. The standard InChI is InChI=1S/C20H31FN8/c1-14(2)26-9-11-27(12-10-26)15-5-7-28(8-6-15)18-4-3-16(13-17(18)21)29-20(23)24-19(22)25-29/h3-4,13-15H,5-12H2,1-2H3,(H4,22,23,24,25). The lowest BCUT2D eigenvalue weighted by molar-refractivity contribution is 0.0692. The predicted octanol–water partition coefficient (Wildman–Crippen LogP) is 1.57. The molecule has 0 saturated carbocycles. The molecule has 0 radical (unpaired) electrons. The van der Waals surface area contributed by atoms with Crippen molar-refractivity contribution in [2.24, 2.45) is 0 Å². The molecule has 29 heavy (non-hydrogen) atoms. The number of nitrogens with two attached hydrogens (primary N) is 2. The fourth-order valence-electron chi connectivity index (χ4n) is 4.51. The summed E-state index contributed by atoms with van der Waals surface area (Å²) in [6.07, 6.45) is 2.13. The first-order chi connectivity index (χ1) is 13.9. The van der Waals surface area contributed by atoms with Gasteiger partial charge < -0.3 is 16.4 Å². The Morgan fingerprint density at radius 3 is 2.28 bits per heavy atom. The van der Waals surface area contributed by atoms with Gasteiger partial charge in [-0.25, -0.2) is 4.39 Å². The molecule has 4 rings (SSSR count). The average Bonchev–Trinajstić information content (AvgIpc) is 3.06. The van der Waals surface area contributed by atoms with E-state index in [4.69, 9.17) is 11.5 Å². The molecule has 0 atom stereocenters. The Bertz CT molecular complexity index is 835. The zero-order valence-corrected chi connectivity index (χ0v) is 17.3. The Labute approximate surface area is 171 Å². The van der Waals surface area contributed by atoms with Crippen LogP contribution in [0.25, 0.3) is 5.69 Å². The van der Waals surface area contributed by atoms with Crippen LogP contribution in [0.3, 0.4) is 0 Å². The number of halogens is 1. The molecule has 1 aromatic carbocycles. The molecule has 2 aliphatic heterocycles. The Kier molecular flexibility index (Phi) is 5.60. The van der Waals surface area contributed by atoms with E-state index in [-0.39, 0.29) is 17.7 Å². The fourth-order valence-corrected chi connectivity index (χ4v) is 4.51. The Morgan fingerprint density at radius 2 is 1.72 bits per heavy atom. The van der Waals surface area contributed by atoms with Gasteiger partial charge >= 0.3 is 0 Å². The monoisotopic (exact) mass is 402 g/mol. The second kappa shape index (κ2) is 8.16. The summed E-state index contributed by atoms with van der Waals surface area (Å²) in [5.74, 6) is -0.0590. The molecule has 158 valence electrons. The highest BCUT2D eigenvalue weighted by molar-refractivity contribution is 5.54. The lowest BCUT2D eigenvalue weighted by Gasteiger charge is -2.44. The summed E-state index contributed by atoms with van der Waals surface area (Å²) >= 11 is 0. The van der Waals surface area contributed by atoms with Crippen molar-refractivity contribution in [2.45, 2.75) is 38.8 Å². The minimum Gasteiger partial charge on any atom is -0.369 e. The van der Waals surface area contributed by atoms with Crippen molar-refractivity contribution in [1.82, 2.24) is 24.6 Å². The number of hydrogen-bond donors (Lipinski definition) is 2. The normalized spacial score (nSPS) is 19.9. The van der Waals surface area contributed by atoms with E-state index in [0.29, 0.717) is 23.5 Å². The van der Waals surface area contributed by atoms with E-state index in [1.54, 1.807) is 12.1 Å². The summed E-state index contributed by atoms with van der Waals surface area (Å²) in [6.45, 7) is 10.8. The first-order valence-electron chi connectivity index (χ1n) is 10.4. The van der Waals surface area contributed by atoms with Crippen LogP contribution in [0.5, 0.6) is 0 Å². The highest BCUT2D eigenvalue weighted by Gasteiger charge is 2.29. The van der Waals surface area contributed by atoms with Crippen LogP contribution in [0, 0.1) is 5.82 Å². The van der Waals surface area contributed by atoms with E-state index in [0.717, 1.165) is 52.1 Å². The molecule has 0 aliphatic carbocycles. The SMILES string of the molecule is CC(C)N1CCN(C2CCN(c3ccc(-n4nc(N)nc4N)cc3F)CC2)CC1. The quantitative estimate of drug-likeness (QED) is 0.802. The van der Waals surface area contributed by atoms with Crippen LogP contribution in [0.2, 0.25) is 0 Å². The van der Waals surface area contributed by atoms with Crippen molar-refractivity contribution in [3.8, 4) is 5.69 Å². The number of hydrogen-bond acceptors (Lipinski definition) is 7. The maximum Gasteiger partial charge on any atom is 0.241 e. The summed E-state index contributed by atoms with van der Waals surface area (Å²) in [6, 6.07) is 6.26. The van der Waals surface area contributed by atoms with Crippen LogP contribution in [-0.2, 0) is 0 Å². The van der Waals surface area contributed by atoms with Crippen LogP contribution in [0.4, 0.5) is 22.0 Å². The van der Waals surface area contributed by atoms with Gasteiger partial charge in [-0.3, -0.25) is 9.80 Å². The number of anilines is 3. The average molecular weight is 403 g/mol. The first kappa shape index (κ1) is 19.9. The van der Waals surface area contributed by atoms with Crippen LogP contribution in [0.1, 0.15) is 26.7 Å². The predicted molar refractivity (Wildman–Crippen MR) is 114 cm³/mol. The van der Waals surface area contributed by atoms with Gasteiger partial charge in [0.25, 0.3) is 0 Å². The molecule has 2 fully saturated rings. The lowest BCUT2D eigenvalue weighted by Crippen LogP contribution is -2.54. The fraction of sp³-hybridized carbons (Fsp3) is 0.600. The number of piperidine rings is 1. The molecule has 2 aliphatic rings. The Morgan fingerprint density at radius 1 is 1.03 bits per heavy atom. The molecule has 2 aromatic rings. The van der Waals surface area contributed by atoms with Gasteiger partial charge in [0.05, 0.1) is 11.4 Å². The summed E-state index contributed by atoms with van der Waals surface area (Å²) in [5.41, 5.74) is 12.5. The maximum absolute atomic E-state index is 14.8. The zero-order chi connectivity index (χ0) is 20.5. The van der Waals surface area contributed by atoms with Gasteiger partial charge in [-0.15, -0.1) is 5.10 Å². The van der Waals surface area contributed by atoms with Crippen LogP contribution in [0.15, 0.2) is 18.2 Å². The molecule has 9 heteroatoms. The van der Waals surface area contributed by atoms with Crippen molar-refractivity contribution >= 4 is 17.6 Å². The largest absolute Gasteiger partial charge is 0.369 e.